The first-order chi connectivity index (χ1) is 11.3. The second-order valence-corrected chi connectivity index (χ2v) is 6.89. The molecule has 0 N–H and O–H groups in total. The van der Waals surface area contributed by atoms with Gasteiger partial charge < -0.3 is 4.74 Å². The summed E-state index contributed by atoms with van der Waals surface area (Å²) in [6.45, 7) is 4.48. The quantitative estimate of drug-likeness (QED) is 0.722. The Bertz CT molecular complexity index is 561. The van der Waals surface area contributed by atoms with Crippen molar-refractivity contribution >= 4 is 5.78 Å². The molecule has 1 aromatic carbocycles. The maximum atomic E-state index is 12.8. The van der Waals surface area contributed by atoms with Crippen LogP contribution in [-0.4, -0.2) is 30.9 Å². The number of hydrogen-bond donors (Lipinski definition) is 0. The van der Waals surface area contributed by atoms with Gasteiger partial charge in [-0.3, -0.25) is 9.69 Å². The molecule has 0 saturated carbocycles. The van der Waals surface area contributed by atoms with E-state index in [0.717, 1.165) is 30.6 Å². The molecule has 1 aliphatic carbocycles. The number of rotatable bonds is 6. The van der Waals surface area contributed by atoms with Crippen LogP contribution in [0.3, 0.4) is 0 Å². The summed E-state index contributed by atoms with van der Waals surface area (Å²) in [7, 11) is 1.74. The molecule has 2 aliphatic rings. The first-order valence-electron chi connectivity index (χ1n) is 9.23. The number of likely N-dealkylation sites (tertiary alicyclic amines) is 1. The number of benzene rings is 1. The van der Waals surface area contributed by atoms with E-state index in [1.54, 1.807) is 7.11 Å². The van der Waals surface area contributed by atoms with Crippen molar-refractivity contribution in [3.8, 4) is 5.75 Å². The lowest BCUT2D eigenvalue weighted by molar-refractivity contribution is 0.0975. The van der Waals surface area contributed by atoms with E-state index in [-0.39, 0.29) is 0 Å². The Morgan fingerprint density at radius 1 is 1.26 bits per heavy atom. The normalized spacial score (nSPS) is 21.2. The zero-order chi connectivity index (χ0) is 16.2. The summed E-state index contributed by atoms with van der Waals surface area (Å²) in [6, 6.07) is 4.44. The topological polar surface area (TPSA) is 29.5 Å². The maximum Gasteiger partial charge on any atom is 0.163 e. The highest BCUT2D eigenvalue weighted by molar-refractivity contribution is 5.98. The van der Waals surface area contributed by atoms with E-state index < -0.39 is 0 Å². The van der Waals surface area contributed by atoms with Crippen molar-refractivity contribution in [3.05, 3.63) is 28.8 Å². The molecule has 3 rings (SSSR count). The molecular formula is C20H29NO2. The minimum absolute atomic E-state index is 0.317. The third-order valence-electron chi connectivity index (χ3n) is 5.41. The van der Waals surface area contributed by atoms with Crippen LogP contribution in [-0.2, 0) is 6.42 Å². The number of hydrogen-bond acceptors (Lipinski definition) is 3. The summed E-state index contributed by atoms with van der Waals surface area (Å²) in [6.07, 6.45) is 8.70. The van der Waals surface area contributed by atoms with Gasteiger partial charge in [-0.1, -0.05) is 13.3 Å². The van der Waals surface area contributed by atoms with Crippen molar-refractivity contribution in [2.24, 2.45) is 0 Å². The minimum atomic E-state index is 0.317. The molecule has 0 spiro atoms. The molecule has 0 bridgehead atoms. The van der Waals surface area contributed by atoms with Gasteiger partial charge in [0.1, 0.15) is 5.75 Å². The van der Waals surface area contributed by atoms with E-state index in [1.807, 2.05) is 12.1 Å². The van der Waals surface area contributed by atoms with E-state index in [9.17, 15) is 4.79 Å². The van der Waals surface area contributed by atoms with Gasteiger partial charge in [0.15, 0.2) is 5.78 Å². The standard InChI is InChI=1S/C20H29NO2/c1-3-4-10-18(22)15-11-12-19(23-2)16-8-7-9-17(20(15)16)21-13-5-6-14-21/h11-12,17H,3-10,13-14H2,1-2H3. The highest BCUT2D eigenvalue weighted by Gasteiger charge is 2.32. The van der Waals surface area contributed by atoms with Crippen LogP contribution in [0.2, 0.25) is 0 Å². The Labute approximate surface area is 140 Å². The Balaban J connectivity index is 2.01. The number of Topliss-reactive ketones (excluding diaryl/α,β-unsaturated/α-hetero) is 1. The number of nitrogens with zero attached hydrogens (tertiary/aromatic N) is 1. The molecule has 23 heavy (non-hydrogen) atoms. The van der Waals surface area contributed by atoms with E-state index >= 15 is 0 Å². The number of carbonyl (C=O) groups excluding carboxylic acids is 1. The summed E-state index contributed by atoms with van der Waals surface area (Å²) >= 11 is 0. The molecule has 126 valence electrons. The Kier molecular flexibility index (Phi) is 5.37. The second kappa shape index (κ2) is 7.48. The summed E-state index contributed by atoms with van der Waals surface area (Å²) < 4.78 is 5.61. The monoisotopic (exact) mass is 315 g/mol. The summed E-state index contributed by atoms with van der Waals surface area (Å²) in [5.41, 5.74) is 3.54. The Morgan fingerprint density at radius 3 is 2.74 bits per heavy atom. The molecule has 1 saturated heterocycles. The molecule has 1 unspecified atom stereocenters. The number of ketones is 1. The van der Waals surface area contributed by atoms with Gasteiger partial charge in [0.25, 0.3) is 0 Å². The van der Waals surface area contributed by atoms with Gasteiger partial charge in [-0.2, -0.15) is 0 Å². The minimum Gasteiger partial charge on any atom is -0.496 e. The van der Waals surface area contributed by atoms with Crippen LogP contribution in [0.5, 0.6) is 5.75 Å². The average molecular weight is 315 g/mol. The fourth-order valence-electron chi connectivity index (χ4n) is 4.22. The van der Waals surface area contributed by atoms with Gasteiger partial charge in [-0.25, -0.2) is 0 Å². The highest BCUT2D eigenvalue weighted by Crippen LogP contribution is 2.42. The van der Waals surface area contributed by atoms with Gasteiger partial charge >= 0.3 is 0 Å². The fraction of sp³-hybridized carbons (Fsp3) is 0.650. The van der Waals surface area contributed by atoms with Crippen molar-refractivity contribution in [2.45, 2.75) is 64.3 Å². The molecule has 0 aromatic heterocycles. The van der Waals surface area contributed by atoms with Crippen LogP contribution < -0.4 is 4.74 Å². The molecular weight excluding hydrogens is 286 g/mol. The predicted molar refractivity (Wildman–Crippen MR) is 93.3 cm³/mol. The summed E-state index contributed by atoms with van der Waals surface area (Å²) in [5, 5.41) is 0. The van der Waals surface area contributed by atoms with E-state index in [1.165, 1.54) is 49.9 Å². The first kappa shape index (κ1) is 16.5. The molecule has 0 amide bonds. The SMILES string of the molecule is CCCCC(=O)c1ccc(OC)c2c1C(N1CCCC1)CCC2. The molecule has 0 radical (unpaired) electrons. The first-order valence-corrected chi connectivity index (χ1v) is 9.23. The lowest BCUT2D eigenvalue weighted by Gasteiger charge is -2.35. The van der Waals surface area contributed by atoms with Gasteiger partial charge in [0, 0.05) is 18.0 Å². The van der Waals surface area contributed by atoms with Gasteiger partial charge in [0.2, 0.25) is 0 Å². The van der Waals surface area contributed by atoms with Crippen LogP contribution in [0.4, 0.5) is 0 Å². The smallest absolute Gasteiger partial charge is 0.163 e. The molecule has 1 atom stereocenters. The van der Waals surface area contributed by atoms with Crippen LogP contribution >= 0.6 is 0 Å². The number of unbranched alkanes of at least 4 members (excludes halogenated alkanes) is 1. The van der Waals surface area contributed by atoms with Crippen molar-refractivity contribution in [1.82, 2.24) is 4.90 Å². The summed E-state index contributed by atoms with van der Waals surface area (Å²) in [5.74, 6) is 1.28. The molecule has 3 heteroatoms. The summed E-state index contributed by atoms with van der Waals surface area (Å²) in [4.78, 5) is 15.4. The van der Waals surface area contributed by atoms with Crippen molar-refractivity contribution in [2.75, 3.05) is 20.2 Å². The van der Waals surface area contributed by atoms with Crippen LogP contribution in [0.15, 0.2) is 12.1 Å². The third-order valence-corrected chi connectivity index (χ3v) is 5.41. The van der Waals surface area contributed by atoms with Crippen LogP contribution in [0.1, 0.15) is 79.4 Å². The molecule has 1 aliphatic heterocycles. The Hall–Kier alpha value is -1.35. The van der Waals surface area contributed by atoms with Crippen LogP contribution in [0.25, 0.3) is 0 Å². The number of methoxy groups -OCH3 is 1. The van der Waals surface area contributed by atoms with E-state index in [2.05, 4.69) is 11.8 Å². The van der Waals surface area contributed by atoms with Gasteiger partial charge in [-0.15, -0.1) is 0 Å². The van der Waals surface area contributed by atoms with Gasteiger partial charge in [-0.05, 0) is 74.9 Å². The predicted octanol–water partition coefficient (Wildman–Crippen LogP) is 4.54. The number of ether oxygens (including phenoxy) is 1. The number of carbonyl (C=O) groups is 1. The molecule has 1 fully saturated rings. The van der Waals surface area contributed by atoms with Gasteiger partial charge in [0.05, 0.1) is 7.11 Å². The fourth-order valence-corrected chi connectivity index (χ4v) is 4.22. The van der Waals surface area contributed by atoms with Crippen molar-refractivity contribution in [3.63, 3.8) is 0 Å². The Morgan fingerprint density at radius 2 is 2.04 bits per heavy atom. The third kappa shape index (κ3) is 3.30. The van der Waals surface area contributed by atoms with Crippen molar-refractivity contribution < 1.29 is 9.53 Å². The average Bonchev–Trinajstić information content (AvgIpc) is 3.12. The van der Waals surface area contributed by atoms with Crippen molar-refractivity contribution in [1.29, 1.82) is 0 Å². The lowest BCUT2D eigenvalue weighted by Crippen LogP contribution is -2.30. The zero-order valence-electron chi connectivity index (χ0n) is 14.6. The number of fused-ring (bicyclic) bond motifs is 1. The van der Waals surface area contributed by atoms with E-state index in [4.69, 9.17) is 4.74 Å². The lowest BCUT2D eigenvalue weighted by atomic mass is 9.81. The largest absolute Gasteiger partial charge is 0.496 e. The van der Waals surface area contributed by atoms with Crippen LogP contribution in [0, 0.1) is 0 Å². The molecule has 1 heterocycles. The zero-order valence-corrected chi connectivity index (χ0v) is 14.6. The molecule has 1 aromatic rings. The molecule has 3 nitrogen and oxygen atoms in total. The maximum absolute atomic E-state index is 12.8. The highest BCUT2D eigenvalue weighted by atomic mass is 16.5. The second-order valence-electron chi connectivity index (χ2n) is 6.89. The van der Waals surface area contributed by atoms with E-state index in [0.29, 0.717) is 18.2 Å².